The molecule has 1 aromatic heterocycles. The van der Waals surface area contributed by atoms with Crippen LogP contribution in [0.25, 0.3) is 10.9 Å². The summed E-state index contributed by atoms with van der Waals surface area (Å²) in [6.07, 6.45) is 3.85. The van der Waals surface area contributed by atoms with E-state index in [1.807, 2.05) is 20.8 Å². The molecule has 1 spiro atoms. The molecule has 0 bridgehead atoms. The summed E-state index contributed by atoms with van der Waals surface area (Å²) in [5.41, 5.74) is -0.654. The van der Waals surface area contributed by atoms with Gasteiger partial charge in [0.25, 0.3) is 0 Å². The molecule has 0 saturated carbocycles. The highest BCUT2D eigenvalue weighted by atomic mass is 79.9. The molecule has 1 aromatic carbocycles. The fourth-order valence-electron chi connectivity index (χ4n) is 5.37. The first-order valence-corrected chi connectivity index (χ1v) is 14.6. The molecular formula is C27H34BrClFN5O4. The van der Waals surface area contributed by atoms with Gasteiger partial charge in [0.15, 0.2) is 5.82 Å². The summed E-state index contributed by atoms with van der Waals surface area (Å²) < 4.78 is 27.1. The molecule has 2 fully saturated rings. The summed E-state index contributed by atoms with van der Waals surface area (Å²) in [7, 11) is 0. The van der Waals surface area contributed by atoms with Gasteiger partial charge in [-0.1, -0.05) is 18.0 Å². The van der Waals surface area contributed by atoms with Gasteiger partial charge in [0.1, 0.15) is 29.0 Å². The van der Waals surface area contributed by atoms with E-state index in [9.17, 15) is 9.59 Å². The quantitative estimate of drug-likeness (QED) is 0.415. The number of pyridine rings is 1. The number of rotatable bonds is 4. The fraction of sp³-hybridized carbons (Fsp3) is 0.593. The zero-order valence-electron chi connectivity index (χ0n) is 22.5. The Balaban J connectivity index is 1.44. The Hall–Kier alpha value is -2.37. The minimum Gasteiger partial charge on any atom is -0.475 e. The second-order valence-electron chi connectivity index (χ2n) is 11.4. The molecule has 0 radical (unpaired) electrons. The molecule has 12 heteroatoms. The van der Waals surface area contributed by atoms with Gasteiger partial charge in [-0.25, -0.2) is 14.2 Å². The first-order valence-electron chi connectivity index (χ1n) is 13.4. The summed E-state index contributed by atoms with van der Waals surface area (Å²) >= 11 is 9.55. The average molecular weight is 627 g/mol. The summed E-state index contributed by atoms with van der Waals surface area (Å²) in [6.45, 7) is 9.22. The summed E-state index contributed by atoms with van der Waals surface area (Å²) in [6, 6.07) is 1.63. The van der Waals surface area contributed by atoms with Gasteiger partial charge in [0, 0.05) is 25.0 Å². The van der Waals surface area contributed by atoms with Gasteiger partial charge >= 0.3 is 6.09 Å². The number of benzene rings is 1. The number of halogens is 3. The Morgan fingerprint density at radius 3 is 2.54 bits per heavy atom. The van der Waals surface area contributed by atoms with Crippen molar-refractivity contribution in [2.75, 3.05) is 50.0 Å². The number of carbonyl (C=O) groups excluding carboxylic acids is 2. The molecule has 2 N–H and O–H groups in total. The molecule has 0 aliphatic carbocycles. The number of hydrogen-bond donors (Lipinski definition) is 2. The summed E-state index contributed by atoms with van der Waals surface area (Å²) in [5, 5.41) is 7.02. The van der Waals surface area contributed by atoms with E-state index in [0.717, 1.165) is 25.9 Å². The van der Waals surface area contributed by atoms with E-state index in [4.69, 9.17) is 21.1 Å². The zero-order valence-corrected chi connectivity index (χ0v) is 24.8. The number of piperidine rings is 2. The van der Waals surface area contributed by atoms with Crippen molar-refractivity contribution >= 4 is 61.8 Å². The van der Waals surface area contributed by atoms with Gasteiger partial charge < -0.3 is 25.0 Å². The van der Waals surface area contributed by atoms with Crippen molar-refractivity contribution in [1.29, 1.82) is 0 Å². The molecule has 3 aliphatic heterocycles. The van der Waals surface area contributed by atoms with E-state index >= 15 is 4.39 Å². The highest BCUT2D eigenvalue weighted by Gasteiger charge is 2.47. The number of aromatic nitrogens is 1. The predicted molar refractivity (Wildman–Crippen MR) is 152 cm³/mol. The predicted octanol–water partition coefficient (Wildman–Crippen LogP) is 5.79. The van der Waals surface area contributed by atoms with E-state index in [2.05, 4.69) is 36.4 Å². The smallest absolute Gasteiger partial charge is 0.410 e. The Bertz CT molecular complexity index is 1290. The van der Waals surface area contributed by atoms with Crippen molar-refractivity contribution in [2.45, 2.75) is 64.0 Å². The Morgan fingerprint density at radius 1 is 1.18 bits per heavy atom. The minimum atomic E-state index is -0.999. The lowest BCUT2D eigenvalue weighted by molar-refractivity contribution is -0.122. The van der Waals surface area contributed by atoms with Crippen molar-refractivity contribution in [3.8, 4) is 5.88 Å². The SMILES string of the molecule is CC(C)(C)OC(=O)N1CCC2(CC1)Nc1c(c(OCCN3CCCCC3)nc3c(F)c(Br)c(Cl)cc13)NC2=O. The Kier molecular flexibility index (Phi) is 7.87. The van der Waals surface area contributed by atoms with E-state index in [1.165, 1.54) is 6.42 Å². The second kappa shape index (κ2) is 10.9. The molecule has 2 saturated heterocycles. The highest BCUT2D eigenvalue weighted by molar-refractivity contribution is 9.10. The molecule has 3 aliphatic rings. The summed E-state index contributed by atoms with van der Waals surface area (Å²) in [4.78, 5) is 34.5. The second-order valence-corrected chi connectivity index (χ2v) is 12.6. The van der Waals surface area contributed by atoms with Crippen LogP contribution in [-0.4, -0.2) is 77.3 Å². The Labute approximate surface area is 240 Å². The van der Waals surface area contributed by atoms with Gasteiger partial charge in [-0.2, -0.15) is 0 Å². The zero-order chi connectivity index (χ0) is 27.9. The number of amides is 2. The van der Waals surface area contributed by atoms with Crippen LogP contribution < -0.4 is 15.4 Å². The third-order valence-corrected chi connectivity index (χ3v) is 8.79. The van der Waals surface area contributed by atoms with E-state index in [0.29, 0.717) is 55.8 Å². The number of hydrogen-bond acceptors (Lipinski definition) is 7. The standard InChI is InChI=1S/C27H34BrClFN5O4/c1-26(2,3)39-25(37)35-11-7-27(8-12-35)24(36)32-22-21(33-27)16-15-17(29)18(28)19(30)20(16)31-23(22)38-14-13-34-9-5-4-6-10-34/h15,33H,4-14H2,1-3H3,(H,32,36). The minimum absolute atomic E-state index is 0.0861. The maximum atomic E-state index is 15.4. The Morgan fingerprint density at radius 2 is 1.87 bits per heavy atom. The van der Waals surface area contributed by atoms with Crippen LogP contribution in [0.4, 0.5) is 20.6 Å². The van der Waals surface area contributed by atoms with Crippen molar-refractivity contribution in [3.05, 3.63) is 21.4 Å². The van der Waals surface area contributed by atoms with Crippen LogP contribution in [0.3, 0.4) is 0 Å². The average Bonchev–Trinajstić information content (AvgIpc) is 2.89. The topological polar surface area (TPSA) is 96.0 Å². The van der Waals surface area contributed by atoms with Gasteiger partial charge in [0.2, 0.25) is 11.8 Å². The number of anilines is 2. The van der Waals surface area contributed by atoms with Crippen molar-refractivity contribution in [1.82, 2.24) is 14.8 Å². The molecule has 212 valence electrons. The number of fused-ring (bicyclic) bond motifs is 3. The molecule has 4 heterocycles. The molecule has 2 aromatic rings. The first kappa shape index (κ1) is 28.2. The van der Waals surface area contributed by atoms with Gasteiger partial charge in [-0.15, -0.1) is 0 Å². The molecule has 0 atom stereocenters. The maximum Gasteiger partial charge on any atom is 0.410 e. The largest absolute Gasteiger partial charge is 0.475 e. The van der Waals surface area contributed by atoms with Crippen molar-refractivity contribution in [2.24, 2.45) is 0 Å². The molecule has 9 nitrogen and oxygen atoms in total. The lowest BCUT2D eigenvalue weighted by Crippen LogP contribution is -2.59. The summed E-state index contributed by atoms with van der Waals surface area (Å²) in [5.74, 6) is -0.692. The lowest BCUT2D eigenvalue weighted by atomic mass is 9.84. The molecule has 39 heavy (non-hydrogen) atoms. The van der Waals surface area contributed by atoms with E-state index < -0.39 is 23.1 Å². The molecular weight excluding hydrogens is 593 g/mol. The molecule has 5 rings (SSSR count). The van der Waals surface area contributed by atoms with Gasteiger partial charge in [-0.3, -0.25) is 9.69 Å². The number of ether oxygens (including phenoxy) is 2. The van der Waals surface area contributed by atoms with Crippen LogP contribution >= 0.6 is 27.5 Å². The molecule has 0 unspecified atom stereocenters. The van der Waals surface area contributed by atoms with Crippen LogP contribution in [0.2, 0.25) is 5.02 Å². The number of nitrogens with zero attached hydrogens (tertiary/aromatic N) is 3. The molecule has 2 amide bonds. The van der Waals surface area contributed by atoms with Crippen LogP contribution in [0.1, 0.15) is 52.9 Å². The monoisotopic (exact) mass is 625 g/mol. The van der Waals surface area contributed by atoms with Crippen molar-refractivity contribution < 1.29 is 23.5 Å². The highest BCUT2D eigenvalue weighted by Crippen LogP contribution is 2.47. The van der Waals surface area contributed by atoms with Gasteiger partial charge in [0.05, 0.1) is 15.2 Å². The number of nitrogens with one attached hydrogen (secondary N) is 2. The third kappa shape index (κ3) is 5.76. The van der Waals surface area contributed by atoms with Crippen LogP contribution in [0, 0.1) is 5.82 Å². The lowest BCUT2D eigenvalue weighted by Gasteiger charge is -2.44. The van der Waals surface area contributed by atoms with Crippen LogP contribution in [0.15, 0.2) is 10.5 Å². The van der Waals surface area contributed by atoms with E-state index in [1.54, 1.807) is 11.0 Å². The fourth-order valence-corrected chi connectivity index (χ4v) is 5.86. The normalized spacial score (nSPS) is 19.4. The third-order valence-electron chi connectivity index (χ3n) is 7.48. The number of carbonyl (C=O) groups is 2. The van der Waals surface area contributed by atoms with E-state index in [-0.39, 0.29) is 26.8 Å². The maximum absolute atomic E-state index is 15.4. The number of likely N-dealkylation sites (tertiary alicyclic amines) is 2. The first-order chi connectivity index (χ1) is 18.5. The van der Waals surface area contributed by atoms with Crippen molar-refractivity contribution in [3.63, 3.8) is 0 Å². The van der Waals surface area contributed by atoms with Crippen LogP contribution in [0.5, 0.6) is 5.88 Å². The van der Waals surface area contributed by atoms with Gasteiger partial charge in [-0.05, 0) is 81.5 Å². The van der Waals surface area contributed by atoms with Crippen LogP contribution in [-0.2, 0) is 9.53 Å².